The second-order valence-corrected chi connectivity index (χ2v) is 11.3. The van der Waals surface area contributed by atoms with Crippen LogP contribution < -0.4 is 0 Å². The fourth-order valence-electron chi connectivity index (χ4n) is 6.04. The van der Waals surface area contributed by atoms with Crippen molar-refractivity contribution in [2.45, 2.75) is 6.92 Å². The van der Waals surface area contributed by atoms with Gasteiger partial charge in [-0.05, 0) is 91.8 Å². The normalized spacial score (nSPS) is 11.8. The molecule has 0 nitrogen and oxygen atoms in total. The summed E-state index contributed by atoms with van der Waals surface area (Å²) in [6.45, 7) is 2.17. The van der Waals surface area contributed by atoms with Gasteiger partial charge in [0, 0.05) is 20.2 Å². The van der Waals surface area contributed by atoms with Gasteiger partial charge in [0.1, 0.15) is 0 Å². The van der Waals surface area contributed by atoms with Crippen LogP contribution in [0.2, 0.25) is 0 Å². The van der Waals surface area contributed by atoms with Crippen LogP contribution in [0.15, 0.2) is 127 Å². The Morgan fingerprint density at radius 2 is 0.895 bits per heavy atom. The highest BCUT2D eigenvalue weighted by atomic mass is 32.1. The SMILES string of the molecule is Cc1ccc2sc3cc(-c4cccc(-c5ccc6c7ccccc7c7ccccc7c6c5)c4)ccc3c2c1. The summed E-state index contributed by atoms with van der Waals surface area (Å²) < 4.78 is 2.70. The Kier molecular flexibility index (Phi) is 4.71. The summed E-state index contributed by atoms with van der Waals surface area (Å²) in [6, 6.07) is 47.2. The lowest BCUT2D eigenvalue weighted by atomic mass is 9.91. The summed E-state index contributed by atoms with van der Waals surface area (Å²) in [5, 5.41) is 10.6. The monoisotopic (exact) mass is 500 g/mol. The van der Waals surface area contributed by atoms with E-state index in [-0.39, 0.29) is 0 Å². The number of aryl methyl sites for hydroxylation is 1. The van der Waals surface area contributed by atoms with Crippen LogP contribution in [0.4, 0.5) is 0 Å². The number of fused-ring (bicyclic) bond motifs is 9. The number of rotatable bonds is 2. The first-order valence-corrected chi connectivity index (χ1v) is 13.9. The summed E-state index contributed by atoms with van der Waals surface area (Å²) in [5.74, 6) is 0. The highest BCUT2D eigenvalue weighted by Gasteiger charge is 2.11. The van der Waals surface area contributed by atoms with E-state index in [1.165, 1.54) is 80.3 Å². The lowest BCUT2D eigenvalue weighted by Crippen LogP contribution is -1.85. The summed E-state index contributed by atoms with van der Waals surface area (Å²) in [5.41, 5.74) is 6.32. The van der Waals surface area contributed by atoms with Crippen molar-refractivity contribution in [3.05, 3.63) is 133 Å². The fraction of sp³-hybridized carbons (Fsp3) is 0.0270. The number of hydrogen-bond acceptors (Lipinski definition) is 1. The maximum Gasteiger partial charge on any atom is 0.0361 e. The average Bonchev–Trinajstić information content (AvgIpc) is 3.34. The molecule has 0 unspecified atom stereocenters. The molecule has 1 aromatic heterocycles. The summed E-state index contributed by atoms with van der Waals surface area (Å²) in [7, 11) is 0. The molecule has 38 heavy (non-hydrogen) atoms. The van der Waals surface area contributed by atoms with Gasteiger partial charge in [-0.15, -0.1) is 11.3 Å². The van der Waals surface area contributed by atoms with Crippen molar-refractivity contribution in [3.63, 3.8) is 0 Å². The van der Waals surface area contributed by atoms with Crippen molar-refractivity contribution in [3.8, 4) is 22.3 Å². The van der Waals surface area contributed by atoms with Crippen molar-refractivity contribution in [2.75, 3.05) is 0 Å². The van der Waals surface area contributed by atoms with Crippen molar-refractivity contribution in [1.29, 1.82) is 0 Å². The molecule has 0 saturated carbocycles. The van der Waals surface area contributed by atoms with Gasteiger partial charge < -0.3 is 0 Å². The molecule has 0 saturated heterocycles. The number of benzene rings is 7. The third-order valence-corrected chi connectivity index (χ3v) is 9.03. The van der Waals surface area contributed by atoms with Crippen LogP contribution in [-0.4, -0.2) is 0 Å². The van der Waals surface area contributed by atoms with Crippen molar-refractivity contribution in [1.82, 2.24) is 0 Å². The molecule has 0 atom stereocenters. The molecular weight excluding hydrogens is 476 g/mol. The molecule has 0 spiro atoms. The van der Waals surface area contributed by atoms with Gasteiger partial charge in [0.25, 0.3) is 0 Å². The van der Waals surface area contributed by atoms with E-state index in [2.05, 4.69) is 134 Å². The van der Waals surface area contributed by atoms with E-state index in [9.17, 15) is 0 Å². The lowest BCUT2D eigenvalue weighted by Gasteiger charge is -2.12. The molecule has 0 aliphatic rings. The van der Waals surface area contributed by atoms with Gasteiger partial charge in [-0.2, -0.15) is 0 Å². The lowest BCUT2D eigenvalue weighted by molar-refractivity contribution is 1.52. The molecule has 1 heteroatoms. The zero-order chi connectivity index (χ0) is 25.2. The Balaban J connectivity index is 1.28. The van der Waals surface area contributed by atoms with Gasteiger partial charge in [0.15, 0.2) is 0 Å². The van der Waals surface area contributed by atoms with E-state index in [4.69, 9.17) is 0 Å². The van der Waals surface area contributed by atoms with E-state index in [0.717, 1.165) is 0 Å². The standard InChI is InChI=1S/C37H24S/c1-23-13-18-36-35(19-23)33-17-15-27(22-37(33)38-36)25-8-6-7-24(20-25)26-14-16-32-30-11-3-2-9-28(30)29-10-4-5-12-31(29)34(32)21-26/h2-22H,1H3. The van der Waals surface area contributed by atoms with E-state index in [1.807, 2.05) is 11.3 Å². The third-order valence-electron chi connectivity index (χ3n) is 7.90. The summed E-state index contributed by atoms with van der Waals surface area (Å²) >= 11 is 1.88. The molecule has 7 aromatic carbocycles. The number of hydrogen-bond donors (Lipinski definition) is 0. The molecule has 8 rings (SSSR count). The molecule has 0 amide bonds. The minimum Gasteiger partial charge on any atom is -0.135 e. The molecule has 178 valence electrons. The molecule has 0 N–H and O–H groups in total. The van der Waals surface area contributed by atoms with Gasteiger partial charge in [-0.1, -0.05) is 103 Å². The number of thiophene rings is 1. The topological polar surface area (TPSA) is 0 Å². The Morgan fingerprint density at radius 3 is 1.58 bits per heavy atom. The smallest absolute Gasteiger partial charge is 0.0361 e. The average molecular weight is 501 g/mol. The highest BCUT2D eigenvalue weighted by Crippen LogP contribution is 2.39. The molecule has 0 radical (unpaired) electrons. The van der Waals surface area contributed by atoms with Crippen LogP contribution >= 0.6 is 11.3 Å². The molecule has 0 fully saturated rings. The zero-order valence-electron chi connectivity index (χ0n) is 21.0. The van der Waals surface area contributed by atoms with E-state index in [0.29, 0.717) is 0 Å². The first kappa shape index (κ1) is 21.6. The van der Waals surface area contributed by atoms with Gasteiger partial charge >= 0.3 is 0 Å². The Morgan fingerprint density at radius 1 is 0.342 bits per heavy atom. The van der Waals surface area contributed by atoms with E-state index < -0.39 is 0 Å². The predicted octanol–water partition coefficient (Wildman–Crippen LogP) is 11.2. The quantitative estimate of drug-likeness (QED) is 0.207. The van der Waals surface area contributed by atoms with Crippen LogP contribution in [-0.2, 0) is 0 Å². The third kappa shape index (κ3) is 3.29. The van der Waals surface area contributed by atoms with Crippen LogP contribution in [0.5, 0.6) is 0 Å². The second-order valence-electron chi connectivity index (χ2n) is 10.2. The molecule has 0 aliphatic heterocycles. The minimum absolute atomic E-state index is 1.24. The maximum absolute atomic E-state index is 2.38. The molecular formula is C37H24S. The van der Waals surface area contributed by atoms with Gasteiger partial charge in [-0.3, -0.25) is 0 Å². The fourth-order valence-corrected chi connectivity index (χ4v) is 7.16. The van der Waals surface area contributed by atoms with E-state index in [1.54, 1.807) is 0 Å². The van der Waals surface area contributed by atoms with Crippen molar-refractivity contribution < 1.29 is 0 Å². The van der Waals surface area contributed by atoms with E-state index >= 15 is 0 Å². The maximum atomic E-state index is 2.38. The molecule has 8 aromatic rings. The van der Waals surface area contributed by atoms with Gasteiger partial charge in [0.2, 0.25) is 0 Å². The van der Waals surface area contributed by atoms with Crippen molar-refractivity contribution in [2.24, 2.45) is 0 Å². The summed E-state index contributed by atoms with van der Waals surface area (Å²) in [4.78, 5) is 0. The second kappa shape index (κ2) is 8.28. The highest BCUT2D eigenvalue weighted by molar-refractivity contribution is 7.25. The molecule has 1 heterocycles. The van der Waals surface area contributed by atoms with Crippen LogP contribution in [0, 0.1) is 6.92 Å². The Labute approximate surface area is 225 Å². The molecule has 0 bridgehead atoms. The van der Waals surface area contributed by atoms with Gasteiger partial charge in [-0.25, -0.2) is 0 Å². The van der Waals surface area contributed by atoms with Crippen LogP contribution in [0.1, 0.15) is 5.56 Å². The minimum atomic E-state index is 1.24. The Bertz CT molecular complexity index is 2160. The largest absolute Gasteiger partial charge is 0.135 e. The van der Waals surface area contributed by atoms with Crippen LogP contribution in [0.3, 0.4) is 0 Å². The first-order valence-electron chi connectivity index (χ1n) is 13.1. The first-order chi connectivity index (χ1) is 18.7. The van der Waals surface area contributed by atoms with Crippen LogP contribution in [0.25, 0.3) is 74.7 Å². The summed E-state index contributed by atoms with van der Waals surface area (Å²) in [6.07, 6.45) is 0. The zero-order valence-corrected chi connectivity index (χ0v) is 21.8. The van der Waals surface area contributed by atoms with Gasteiger partial charge in [0.05, 0.1) is 0 Å². The Hall–Kier alpha value is -4.46. The molecule has 0 aliphatic carbocycles. The van der Waals surface area contributed by atoms with Crippen molar-refractivity contribution >= 4 is 63.8 Å². The predicted molar refractivity (Wildman–Crippen MR) is 167 cm³/mol.